The number of hydrogen-bond donors (Lipinski definition) is 0. The topological polar surface area (TPSA) is 61.8 Å². The highest BCUT2D eigenvalue weighted by atomic mass is 16.8. The number of fused-ring (bicyclic) bond motifs is 6. The number of carbonyl (C=O) groups excluding carboxylic acids is 2. The van der Waals surface area contributed by atoms with Gasteiger partial charge in [-0.05, 0) is 68.5 Å². The first-order chi connectivity index (χ1) is 17.2. The van der Waals surface area contributed by atoms with Crippen LogP contribution < -0.4 is 0 Å². The minimum atomic E-state index is -1.08. The van der Waals surface area contributed by atoms with Crippen LogP contribution in [0.5, 0.6) is 0 Å². The summed E-state index contributed by atoms with van der Waals surface area (Å²) < 4.78 is 15.2. The average molecular weight is 463 g/mol. The van der Waals surface area contributed by atoms with E-state index in [0.29, 0.717) is 0 Å². The number of benzene rings is 4. The molecule has 0 fully saturated rings. The van der Waals surface area contributed by atoms with E-state index in [-0.39, 0.29) is 13.2 Å². The van der Waals surface area contributed by atoms with Crippen molar-refractivity contribution in [2.75, 3.05) is 0 Å². The maximum atomic E-state index is 12.1. The van der Waals surface area contributed by atoms with E-state index in [0.717, 1.165) is 46.2 Å². The molecule has 2 aliphatic rings. The molecule has 172 valence electrons. The van der Waals surface area contributed by atoms with Crippen molar-refractivity contribution in [1.29, 1.82) is 0 Å². The van der Waals surface area contributed by atoms with E-state index in [1.807, 2.05) is 48.5 Å². The van der Waals surface area contributed by atoms with Crippen molar-refractivity contribution in [1.82, 2.24) is 0 Å². The minimum Gasteiger partial charge on any atom is -0.429 e. The molecule has 0 N–H and O–H groups in total. The molecular formula is C30H22O5. The molecule has 0 unspecified atom stereocenters. The van der Waals surface area contributed by atoms with Gasteiger partial charge in [0.25, 0.3) is 0 Å². The molecule has 5 nitrogen and oxygen atoms in total. The normalized spacial score (nSPS) is 12.2. The third kappa shape index (κ3) is 3.95. The molecule has 0 spiro atoms. The van der Waals surface area contributed by atoms with E-state index in [1.54, 1.807) is 0 Å². The van der Waals surface area contributed by atoms with Gasteiger partial charge in [0.1, 0.15) is 13.2 Å². The van der Waals surface area contributed by atoms with Gasteiger partial charge in [0.2, 0.25) is 0 Å². The fourth-order valence-corrected chi connectivity index (χ4v) is 5.12. The second kappa shape index (κ2) is 8.76. The Labute approximate surface area is 202 Å². The second-order valence-electron chi connectivity index (χ2n) is 8.73. The first-order valence-corrected chi connectivity index (χ1v) is 11.6. The van der Waals surface area contributed by atoms with E-state index >= 15 is 0 Å². The van der Waals surface area contributed by atoms with E-state index in [2.05, 4.69) is 36.4 Å². The summed E-state index contributed by atoms with van der Waals surface area (Å²) in [6.45, 7) is 0.0431. The summed E-state index contributed by atoms with van der Waals surface area (Å²) in [5, 5.41) is 0. The zero-order valence-electron chi connectivity index (χ0n) is 19.0. The number of carbonyl (C=O) groups is 2. The van der Waals surface area contributed by atoms with Crippen LogP contribution in [0.2, 0.25) is 0 Å². The van der Waals surface area contributed by atoms with Crippen LogP contribution in [0, 0.1) is 0 Å². The first-order valence-electron chi connectivity index (χ1n) is 11.6. The van der Waals surface area contributed by atoms with Crippen molar-refractivity contribution in [2.24, 2.45) is 0 Å². The van der Waals surface area contributed by atoms with Gasteiger partial charge in [0.15, 0.2) is 0 Å². The Balaban J connectivity index is 1.05. The fourth-order valence-electron chi connectivity index (χ4n) is 5.12. The SMILES string of the molecule is O=C(OCc1cccc2c1Cc1ccccc1-2)OC(=O)OCc1cccc2c1Cc1ccccc1-2. The lowest BCUT2D eigenvalue weighted by Gasteiger charge is -2.11. The molecule has 0 heterocycles. The van der Waals surface area contributed by atoms with Crippen LogP contribution in [-0.4, -0.2) is 12.3 Å². The molecule has 0 bridgehead atoms. The van der Waals surface area contributed by atoms with Crippen molar-refractivity contribution >= 4 is 12.3 Å². The molecular weight excluding hydrogens is 440 g/mol. The van der Waals surface area contributed by atoms with Crippen LogP contribution >= 0.6 is 0 Å². The van der Waals surface area contributed by atoms with E-state index < -0.39 is 12.3 Å². The molecule has 0 saturated carbocycles. The van der Waals surface area contributed by atoms with Crippen LogP contribution in [0.15, 0.2) is 84.9 Å². The van der Waals surface area contributed by atoms with Gasteiger partial charge < -0.3 is 14.2 Å². The van der Waals surface area contributed by atoms with Gasteiger partial charge in [-0.15, -0.1) is 0 Å². The molecule has 4 aromatic rings. The van der Waals surface area contributed by atoms with Gasteiger partial charge in [-0.1, -0.05) is 84.9 Å². The lowest BCUT2D eigenvalue weighted by atomic mass is 10.0. The summed E-state index contributed by atoms with van der Waals surface area (Å²) in [4.78, 5) is 24.3. The van der Waals surface area contributed by atoms with E-state index in [4.69, 9.17) is 14.2 Å². The Kier molecular flexibility index (Phi) is 5.30. The monoisotopic (exact) mass is 462 g/mol. The zero-order chi connectivity index (χ0) is 23.8. The summed E-state index contributed by atoms with van der Waals surface area (Å²) in [7, 11) is 0. The molecule has 0 radical (unpaired) electrons. The molecule has 5 heteroatoms. The maximum absolute atomic E-state index is 12.1. The molecule has 35 heavy (non-hydrogen) atoms. The summed E-state index contributed by atoms with van der Waals surface area (Å²) in [5.74, 6) is 0. The van der Waals surface area contributed by atoms with Crippen molar-refractivity contribution < 1.29 is 23.8 Å². The van der Waals surface area contributed by atoms with Gasteiger partial charge in [0, 0.05) is 0 Å². The van der Waals surface area contributed by atoms with Crippen LogP contribution in [0.25, 0.3) is 22.3 Å². The van der Waals surface area contributed by atoms with Crippen molar-refractivity contribution in [2.45, 2.75) is 26.1 Å². The largest absolute Gasteiger partial charge is 0.518 e. The maximum Gasteiger partial charge on any atom is 0.518 e. The summed E-state index contributed by atoms with van der Waals surface area (Å²) >= 11 is 0. The number of ether oxygens (including phenoxy) is 3. The average Bonchev–Trinajstić information content (AvgIpc) is 3.45. The summed E-state index contributed by atoms with van der Waals surface area (Å²) in [5.41, 5.74) is 11.2. The van der Waals surface area contributed by atoms with Crippen LogP contribution in [0.1, 0.15) is 33.4 Å². The third-order valence-corrected chi connectivity index (χ3v) is 6.75. The highest BCUT2D eigenvalue weighted by molar-refractivity contribution is 5.80. The molecule has 0 aliphatic heterocycles. The third-order valence-electron chi connectivity index (χ3n) is 6.75. The quantitative estimate of drug-likeness (QED) is 0.213. The van der Waals surface area contributed by atoms with E-state index in [9.17, 15) is 9.59 Å². The molecule has 0 saturated heterocycles. The first kappa shape index (κ1) is 21.2. The zero-order valence-corrected chi connectivity index (χ0v) is 19.0. The van der Waals surface area contributed by atoms with Crippen LogP contribution in [0.4, 0.5) is 9.59 Å². The Morgan fingerprint density at radius 2 is 0.971 bits per heavy atom. The second-order valence-corrected chi connectivity index (χ2v) is 8.73. The molecule has 2 aliphatic carbocycles. The van der Waals surface area contributed by atoms with Gasteiger partial charge in [-0.2, -0.15) is 0 Å². The predicted molar refractivity (Wildman–Crippen MR) is 131 cm³/mol. The Morgan fingerprint density at radius 3 is 1.46 bits per heavy atom. The minimum absolute atomic E-state index is 0.0216. The van der Waals surface area contributed by atoms with Gasteiger partial charge >= 0.3 is 12.3 Å². The molecule has 4 aromatic carbocycles. The van der Waals surface area contributed by atoms with Crippen molar-refractivity contribution in [3.63, 3.8) is 0 Å². The predicted octanol–water partition coefficient (Wildman–Crippen LogP) is 6.82. The Morgan fingerprint density at radius 1 is 0.543 bits per heavy atom. The van der Waals surface area contributed by atoms with Gasteiger partial charge in [-0.3, -0.25) is 0 Å². The Bertz CT molecular complexity index is 1360. The van der Waals surface area contributed by atoms with Gasteiger partial charge in [0.05, 0.1) is 0 Å². The van der Waals surface area contributed by atoms with E-state index in [1.165, 1.54) is 22.3 Å². The standard InChI is InChI=1S/C30H22O5/c31-29(33-17-21-9-5-13-25-23-11-3-1-7-19(23)15-27(21)25)35-30(32)34-18-22-10-6-14-26-24-12-4-2-8-20(24)16-28(22)26/h1-14H,15-18H2. The highest BCUT2D eigenvalue weighted by Gasteiger charge is 2.23. The smallest absolute Gasteiger partial charge is 0.429 e. The van der Waals surface area contributed by atoms with Crippen molar-refractivity contribution in [3.8, 4) is 22.3 Å². The number of hydrogen-bond acceptors (Lipinski definition) is 5. The summed E-state index contributed by atoms with van der Waals surface area (Å²) in [6.07, 6.45) is -0.580. The van der Waals surface area contributed by atoms with Gasteiger partial charge in [-0.25, -0.2) is 9.59 Å². The highest BCUT2D eigenvalue weighted by Crippen LogP contribution is 2.39. The lowest BCUT2D eigenvalue weighted by molar-refractivity contribution is 0.0301. The number of rotatable bonds is 4. The molecule has 0 atom stereocenters. The Hall–Kier alpha value is -4.38. The summed E-state index contributed by atoms with van der Waals surface area (Å²) in [6, 6.07) is 28.3. The fraction of sp³-hybridized carbons (Fsp3) is 0.133. The lowest BCUT2D eigenvalue weighted by Crippen LogP contribution is -2.15. The molecule has 0 amide bonds. The van der Waals surface area contributed by atoms with Crippen molar-refractivity contribution in [3.05, 3.63) is 118 Å². The molecule has 6 rings (SSSR count). The molecule has 0 aromatic heterocycles. The van der Waals surface area contributed by atoms with Crippen LogP contribution in [0.3, 0.4) is 0 Å². The van der Waals surface area contributed by atoms with Crippen LogP contribution in [-0.2, 0) is 40.3 Å².